The summed E-state index contributed by atoms with van der Waals surface area (Å²) in [6.07, 6.45) is 0.517. The van der Waals surface area contributed by atoms with E-state index in [1.165, 1.54) is 22.2 Å². The van der Waals surface area contributed by atoms with Crippen molar-refractivity contribution < 1.29 is 9.50 Å². The summed E-state index contributed by atoms with van der Waals surface area (Å²) < 4.78 is 14.2. The Hall–Kier alpha value is -1.71. The molecule has 3 heteroatoms. The molecule has 0 aliphatic rings. The SMILES string of the molecule is CC(O)(Cc1csc2ccccc12)c1ccc(F)cc1. The monoisotopic (exact) mass is 286 g/mol. The second kappa shape index (κ2) is 5.00. The summed E-state index contributed by atoms with van der Waals surface area (Å²) in [6.45, 7) is 1.77. The molecule has 0 bridgehead atoms. The van der Waals surface area contributed by atoms with Crippen molar-refractivity contribution in [1.82, 2.24) is 0 Å². The van der Waals surface area contributed by atoms with Crippen molar-refractivity contribution in [2.75, 3.05) is 0 Å². The minimum atomic E-state index is -1.00. The average molecular weight is 286 g/mol. The lowest BCUT2D eigenvalue weighted by Crippen LogP contribution is -2.24. The first-order valence-corrected chi connectivity index (χ1v) is 7.38. The van der Waals surface area contributed by atoms with Crippen LogP contribution in [-0.2, 0) is 12.0 Å². The van der Waals surface area contributed by atoms with Gasteiger partial charge in [0, 0.05) is 11.1 Å². The summed E-state index contributed by atoms with van der Waals surface area (Å²) >= 11 is 1.68. The fourth-order valence-corrected chi connectivity index (χ4v) is 3.41. The van der Waals surface area contributed by atoms with Crippen LogP contribution >= 0.6 is 11.3 Å². The van der Waals surface area contributed by atoms with Gasteiger partial charge in [-0.05, 0) is 47.0 Å². The van der Waals surface area contributed by atoms with Crippen LogP contribution in [0.5, 0.6) is 0 Å². The van der Waals surface area contributed by atoms with Gasteiger partial charge in [-0.2, -0.15) is 0 Å². The van der Waals surface area contributed by atoms with Gasteiger partial charge in [-0.1, -0.05) is 30.3 Å². The molecule has 0 saturated carbocycles. The lowest BCUT2D eigenvalue weighted by Gasteiger charge is -2.23. The maximum atomic E-state index is 13.0. The van der Waals surface area contributed by atoms with E-state index in [1.807, 2.05) is 12.1 Å². The smallest absolute Gasteiger partial charge is 0.123 e. The van der Waals surface area contributed by atoms with E-state index in [-0.39, 0.29) is 5.82 Å². The Labute approximate surface area is 121 Å². The van der Waals surface area contributed by atoms with Crippen molar-refractivity contribution in [2.45, 2.75) is 18.9 Å². The number of benzene rings is 2. The summed E-state index contributed by atoms with van der Waals surface area (Å²) in [4.78, 5) is 0. The van der Waals surface area contributed by atoms with Gasteiger partial charge < -0.3 is 5.11 Å². The van der Waals surface area contributed by atoms with Crippen LogP contribution in [0.1, 0.15) is 18.1 Å². The summed E-state index contributed by atoms with van der Waals surface area (Å²) in [6, 6.07) is 14.2. The van der Waals surface area contributed by atoms with E-state index >= 15 is 0 Å². The average Bonchev–Trinajstić information content (AvgIpc) is 2.82. The highest BCUT2D eigenvalue weighted by Crippen LogP contribution is 2.32. The quantitative estimate of drug-likeness (QED) is 0.752. The second-order valence-corrected chi connectivity index (χ2v) is 6.13. The van der Waals surface area contributed by atoms with E-state index in [1.54, 1.807) is 30.4 Å². The fourth-order valence-electron chi connectivity index (χ4n) is 2.45. The summed E-state index contributed by atoms with van der Waals surface area (Å²) in [5.74, 6) is -0.287. The minimum absolute atomic E-state index is 0.287. The van der Waals surface area contributed by atoms with Crippen LogP contribution in [0.3, 0.4) is 0 Å². The zero-order valence-electron chi connectivity index (χ0n) is 11.1. The Bertz CT molecular complexity index is 728. The Morgan fingerprint density at radius 1 is 1.10 bits per heavy atom. The molecule has 3 aromatic rings. The van der Waals surface area contributed by atoms with Crippen molar-refractivity contribution in [1.29, 1.82) is 0 Å². The first-order chi connectivity index (χ1) is 9.56. The van der Waals surface area contributed by atoms with Crippen LogP contribution < -0.4 is 0 Å². The molecule has 0 fully saturated rings. The van der Waals surface area contributed by atoms with Gasteiger partial charge >= 0.3 is 0 Å². The molecule has 3 rings (SSSR count). The van der Waals surface area contributed by atoms with Gasteiger partial charge in [0.25, 0.3) is 0 Å². The van der Waals surface area contributed by atoms with Crippen LogP contribution in [0, 0.1) is 5.82 Å². The second-order valence-electron chi connectivity index (χ2n) is 5.21. The first kappa shape index (κ1) is 13.3. The molecule has 0 spiro atoms. The third kappa shape index (κ3) is 2.47. The van der Waals surface area contributed by atoms with E-state index in [0.717, 1.165) is 11.1 Å². The normalized spacial score (nSPS) is 14.3. The third-order valence-electron chi connectivity index (χ3n) is 3.56. The minimum Gasteiger partial charge on any atom is -0.385 e. The maximum absolute atomic E-state index is 13.0. The molecule has 102 valence electrons. The first-order valence-electron chi connectivity index (χ1n) is 6.50. The highest BCUT2D eigenvalue weighted by Gasteiger charge is 2.24. The molecular formula is C17H15FOS. The van der Waals surface area contributed by atoms with Crippen LogP contribution in [0.15, 0.2) is 53.9 Å². The van der Waals surface area contributed by atoms with Gasteiger partial charge in [-0.15, -0.1) is 11.3 Å². The highest BCUT2D eigenvalue weighted by molar-refractivity contribution is 7.17. The predicted molar refractivity (Wildman–Crippen MR) is 81.5 cm³/mol. The highest BCUT2D eigenvalue weighted by atomic mass is 32.1. The molecular weight excluding hydrogens is 271 g/mol. The van der Waals surface area contributed by atoms with Crippen molar-refractivity contribution >= 4 is 21.4 Å². The molecule has 0 aliphatic carbocycles. The van der Waals surface area contributed by atoms with Gasteiger partial charge in [0.1, 0.15) is 5.82 Å². The standard InChI is InChI=1S/C17H15FOS/c1-17(19,13-6-8-14(18)9-7-13)10-12-11-20-16-5-3-2-4-15(12)16/h2-9,11,19H,10H2,1H3. The molecule has 0 saturated heterocycles. The Morgan fingerprint density at radius 3 is 2.55 bits per heavy atom. The maximum Gasteiger partial charge on any atom is 0.123 e. The molecule has 1 aromatic heterocycles. The van der Waals surface area contributed by atoms with Gasteiger partial charge in [0.2, 0.25) is 0 Å². The molecule has 20 heavy (non-hydrogen) atoms. The van der Waals surface area contributed by atoms with Crippen LogP contribution in [-0.4, -0.2) is 5.11 Å². The van der Waals surface area contributed by atoms with Gasteiger partial charge in [0.15, 0.2) is 0 Å². The number of hydrogen-bond acceptors (Lipinski definition) is 2. The molecule has 1 nitrogen and oxygen atoms in total. The summed E-state index contributed by atoms with van der Waals surface area (Å²) in [7, 11) is 0. The third-order valence-corrected chi connectivity index (χ3v) is 4.57. The number of halogens is 1. The Kier molecular flexibility index (Phi) is 3.32. The van der Waals surface area contributed by atoms with Gasteiger partial charge in [-0.3, -0.25) is 0 Å². The number of hydrogen-bond donors (Lipinski definition) is 1. The Morgan fingerprint density at radius 2 is 1.80 bits per heavy atom. The van der Waals surface area contributed by atoms with Crippen LogP contribution in [0.2, 0.25) is 0 Å². The van der Waals surface area contributed by atoms with Crippen molar-refractivity contribution in [3.05, 3.63) is 70.9 Å². The zero-order chi connectivity index (χ0) is 14.2. The number of thiophene rings is 1. The molecule has 0 aliphatic heterocycles. The van der Waals surface area contributed by atoms with E-state index in [4.69, 9.17) is 0 Å². The van der Waals surface area contributed by atoms with E-state index in [0.29, 0.717) is 6.42 Å². The molecule has 0 radical (unpaired) electrons. The van der Waals surface area contributed by atoms with Gasteiger partial charge in [0.05, 0.1) is 5.60 Å². The summed E-state index contributed by atoms with van der Waals surface area (Å²) in [5.41, 5.74) is 0.853. The van der Waals surface area contributed by atoms with Crippen LogP contribution in [0.4, 0.5) is 4.39 Å². The summed E-state index contributed by atoms with van der Waals surface area (Å²) in [5, 5.41) is 14.0. The Balaban J connectivity index is 1.94. The fraction of sp³-hybridized carbons (Fsp3) is 0.176. The van der Waals surface area contributed by atoms with E-state index in [2.05, 4.69) is 17.5 Å². The van der Waals surface area contributed by atoms with Crippen molar-refractivity contribution in [3.8, 4) is 0 Å². The largest absolute Gasteiger partial charge is 0.385 e. The number of rotatable bonds is 3. The zero-order valence-corrected chi connectivity index (χ0v) is 12.0. The van der Waals surface area contributed by atoms with E-state index < -0.39 is 5.60 Å². The topological polar surface area (TPSA) is 20.2 Å². The molecule has 2 aromatic carbocycles. The van der Waals surface area contributed by atoms with Gasteiger partial charge in [-0.25, -0.2) is 4.39 Å². The molecule has 1 N–H and O–H groups in total. The molecule has 0 amide bonds. The number of fused-ring (bicyclic) bond motifs is 1. The lowest BCUT2D eigenvalue weighted by molar-refractivity contribution is 0.0580. The molecule has 1 heterocycles. The number of aliphatic hydroxyl groups is 1. The predicted octanol–water partition coefficient (Wildman–Crippen LogP) is 4.49. The molecule has 1 atom stereocenters. The van der Waals surface area contributed by atoms with Crippen molar-refractivity contribution in [2.24, 2.45) is 0 Å². The van der Waals surface area contributed by atoms with Crippen LogP contribution in [0.25, 0.3) is 10.1 Å². The molecule has 1 unspecified atom stereocenters. The van der Waals surface area contributed by atoms with Crippen molar-refractivity contribution in [3.63, 3.8) is 0 Å². The lowest BCUT2D eigenvalue weighted by atomic mass is 9.89. The van der Waals surface area contributed by atoms with E-state index in [9.17, 15) is 9.50 Å².